The first kappa shape index (κ1) is 9.38. The smallest absolute Gasteiger partial charge is 0.340 e. The molecule has 68 valence electrons. The molecule has 0 atom stereocenters. The monoisotopic (exact) mass is 179 g/mol. The fourth-order valence-electron chi connectivity index (χ4n) is 1.05. The lowest BCUT2D eigenvalue weighted by Crippen LogP contribution is -2.01. The standard InChI is InChI=1S/C9H9NO3/c1-6-4-3-5-7(8(6)10-12)9(11)13-2/h3-5H,1-2H3. The van der Waals surface area contributed by atoms with E-state index in [1.165, 1.54) is 13.2 Å². The van der Waals surface area contributed by atoms with Gasteiger partial charge in [0.05, 0.1) is 12.7 Å². The normalized spacial score (nSPS) is 9.38. The van der Waals surface area contributed by atoms with Crippen molar-refractivity contribution in [1.82, 2.24) is 0 Å². The minimum atomic E-state index is -0.543. The number of hydrogen-bond acceptors (Lipinski definition) is 4. The molecule has 13 heavy (non-hydrogen) atoms. The third-order valence-electron chi connectivity index (χ3n) is 1.73. The number of benzene rings is 1. The number of ether oxygens (including phenoxy) is 1. The van der Waals surface area contributed by atoms with E-state index in [0.717, 1.165) is 0 Å². The van der Waals surface area contributed by atoms with Gasteiger partial charge in [-0.25, -0.2) is 4.79 Å². The van der Waals surface area contributed by atoms with Crippen LogP contribution in [0.5, 0.6) is 0 Å². The van der Waals surface area contributed by atoms with E-state index < -0.39 is 5.97 Å². The molecule has 0 N–H and O–H groups in total. The van der Waals surface area contributed by atoms with Crippen LogP contribution in [0.25, 0.3) is 0 Å². The average molecular weight is 179 g/mol. The van der Waals surface area contributed by atoms with Gasteiger partial charge in [0.15, 0.2) is 0 Å². The Labute approximate surface area is 75.5 Å². The second kappa shape index (κ2) is 3.80. The van der Waals surface area contributed by atoms with Gasteiger partial charge in [-0.05, 0) is 23.7 Å². The topological polar surface area (TPSA) is 55.7 Å². The molecular weight excluding hydrogens is 170 g/mol. The Morgan fingerprint density at radius 3 is 2.69 bits per heavy atom. The Hall–Kier alpha value is -1.71. The van der Waals surface area contributed by atoms with E-state index in [1.807, 2.05) is 0 Å². The van der Waals surface area contributed by atoms with Crippen molar-refractivity contribution in [1.29, 1.82) is 0 Å². The zero-order chi connectivity index (χ0) is 9.84. The molecule has 0 saturated heterocycles. The number of carbonyl (C=O) groups is 1. The number of methoxy groups -OCH3 is 1. The Morgan fingerprint density at radius 2 is 2.15 bits per heavy atom. The van der Waals surface area contributed by atoms with Gasteiger partial charge in [-0.3, -0.25) is 0 Å². The first-order valence-electron chi connectivity index (χ1n) is 3.72. The van der Waals surface area contributed by atoms with Crippen molar-refractivity contribution in [2.45, 2.75) is 6.92 Å². The zero-order valence-corrected chi connectivity index (χ0v) is 7.40. The molecule has 1 rings (SSSR count). The summed E-state index contributed by atoms with van der Waals surface area (Å²) in [6.45, 7) is 1.71. The van der Waals surface area contributed by atoms with Gasteiger partial charge in [0.25, 0.3) is 0 Å². The molecule has 0 radical (unpaired) electrons. The maximum Gasteiger partial charge on any atom is 0.340 e. The molecule has 0 unspecified atom stereocenters. The van der Waals surface area contributed by atoms with E-state index >= 15 is 0 Å². The third-order valence-corrected chi connectivity index (χ3v) is 1.73. The van der Waals surface area contributed by atoms with Crippen molar-refractivity contribution in [3.8, 4) is 0 Å². The van der Waals surface area contributed by atoms with Crippen molar-refractivity contribution >= 4 is 11.7 Å². The van der Waals surface area contributed by atoms with Crippen LogP contribution in [0, 0.1) is 11.8 Å². The van der Waals surface area contributed by atoms with Crippen molar-refractivity contribution in [3.05, 3.63) is 34.2 Å². The van der Waals surface area contributed by atoms with Crippen molar-refractivity contribution in [3.63, 3.8) is 0 Å². The molecular formula is C9H9NO3. The van der Waals surface area contributed by atoms with Gasteiger partial charge >= 0.3 is 5.97 Å². The second-order valence-corrected chi connectivity index (χ2v) is 2.55. The molecule has 0 heterocycles. The highest BCUT2D eigenvalue weighted by atomic mass is 16.5. The fraction of sp³-hybridized carbons (Fsp3) is 0.222. The molecule has 1 aromatic carbocycles. The highest BCUT2D eigenvalue weighted by Gasteiger charge is 2.13. The highest BCUT2D eigenvalue weighted by molar-refractivity contribution is 5.95. The number of esters is 1. The molecule has 0 saturated carbocycles. The summed E-state index contributed by atoms with van der Waals surface area (Å²) in [5.74, 6) is -0.543. The van der Waals surface area contributed by atoms with Crippen LogP contribution in [0.15, 0.2) is 23.4 Å². The van der Waals surface area contributed by atoms with E-state index in [9.17, 15) is 9.70 Å². The van der Waals surface area contributed by atoms with Crippen LogP contribution in [-0.2, 0) is 4.74 Å². The Balaban J connectivity index is 3.28. The molecule has 0 spiro atoms. The summed E-state index contributed by atoms with van der Waals surface area (Å²) < 4.78 is 4.50. The Morgan fingerprint density at radius 1 is 1.46 bits per heavy atom. The predicted molar refractivity (Wildman–Crippen MR) is 48.0 cm³/mol. The molecule has 0 fully saturated rings. The summed E-state index contributed by atoms with van der Waals surface area (Å²) >= 11 is 0. The summed E-state index contributed by atoms with van der Waals surface area (Å²) in [6.07, 6.45) is 0. The lowest BCUT2D eigenvalue weighted by Gasteiger charge is -2.02. The number of hydrogen-bond donors (Lipinski definition) is 0. The van der Waals surface area contributed by atoms with Crippen LogP contribution in [0.4, 0.5) is 5.69 Å². The van der Waals surface area contributed by atoms with E-state index in [4.69, 9.17) is 0 Å². The quantitative estimate of drug-likeness (QED) is 0.516. The van der Waals surface area contributed by atoms with E-state index in [-0.39, 0.29) is 11.3 Å². The van der Waals surface area contributed by atoms with Gasteiger partial charge < -0.3 is 4.74 Å². The largest absolute Gasteiger partial charge is 0.465 e. The number of aryl methyl sites for hydroxylation is 1. The Kier molecular flexibility index (Phi) is 2.74. The van der Waals surface area contributed by atoms with E-state index in [2.05, 4.69) is 9.91 Å². The molecule has 4 heteroatoms. The molecule has 0 aliphatic rings. The number of rotatable bonds is 2. The first-order valence-corrected chi connectivity index (χ1v) is 3.72. The number of nitrogens with zero attached hydrogens (tertiary/aromatic N) is 1. The Bertz CT molecular complexity index is 347. The number of nitroso groups, excluding NO2 is 1. The first-order chi connectivity index (χ1) is 6.20. The fourth-order valence-corrected chi connectivity index (χ4v) is 1.05. The van der Waals surface area contributed by atoms with Crippen LogP contribution >= 0.6 is 0 Å². The zero-order valence-electron chi connectivity index (χ0n) is 7.40. The molecule has 0 aliphatic heterocycles. The summed E-state index contributed by atoms with van der Waals surface area (Å²) in [5, 5.41) is 2.79. The van der Waals surface area contributed by atoms with E-state index in [1.54, 1.807) is 19.1 Å². The van der Waals surface area contributed by atoms with Gasteiger partial charge in [0, 0.05) is 0 Å². The van der Waals surface area contributed by atoms with Crippen LogP contribution in [0.3, 0.4) is 0 Å². The lowest BCUT2D eigenvalue weighted by atomic mass is 10.1. The van der Waals surface area contributed by atoms with Crippen LogP contribution < -0.4 is 0 Å². The van der Waals surface area contributed by atoms with Gasteiger partial charge in [-0.2, -0.15) is 0 Å². The van der Waals surface area contributed by atoms with Crippen LogP contribution in [0.2, 0.25) is 0 Å². The van der Waals surface area contributed by atoms with Crippen LogP contribution in [0.1, 0.15) is 15.9 Å². The van der Waals surface area contributed by atoms with Gasteiger partial charge in [-0.15, -0.1) is 4.91 Å². The van der Waals surface area contributed by atoms with E-state index in [0.29, 0.717) is 5.56 Å². The third kappa shape index (κ3) is 1.72. The molecule has 0 aliphatic carbocycles. The summed E-state index contributed by atoms with van der Waals surface area (Å²) in [5.41, 5.74) is 1.02. The van der Waals surface area contributed by atoms with Crippen molar-refractivity contribution in [2.24, 2.45) is 5.18 Å². The lowest BCUT2D eigenvalue weighted by molar-refractivity contribution is 0.0601. The summed E-state index contributed by atoms with van der Waals surface area (Å²) in [6, 6.07) is 4.90. The minimum Gasteiger partial charge on any atom is -0.465 e. The molecule has 0 amide bonds. The van der Waals surface area contributed by atoms with Crippen molar-refractivity contribution < 1.29 is 9.53 Å². The summed E-state index contributed by atoms with van der Waals surface area (Å²) in [4.78, 5) is 21.5. The van der Waals surface area contributed by atoms with Gasteiger partial charge in [0.2, 0.25) is 0 Å². The second-order valence-electron chi connectivity index (χ2n) is 2.55. The number of carbonyl (C=O) groups excluding carboxylic acids is 1. The van der Waals surface area contributed by atoms with Crippen LogP contribution in [-0.4, -0.2) is 13.1 Å². The average Bonchev–Trinajstić information content (AvgIpc) is 2.16. The molecule has 1 aromatic rings. The predicted octanol–water partition coefficient (Wildman–Crippen LogP) is 2.18. The summed E-state index contributed by atoms with van der Waals surface area (Å²) in [7, 11) is 1.26. The highest BCUT2D eigenvalue weighted by Crippen LogP contribution is 2.23. The minimum absolute atomic E-state index is 0.148. The SMILES string of the molecule is COC(=O)c1cccc(C)c1N=O. The maximum absolute atomic E-state index is 11.1. The molecule has 0 bridgehead atoms. The maximum atomic E-state index is 11.1. The van der Waals surface area contributed by atoms with Crippen molar-refractivity contribution in [2.75, 3.05) is 7.11 Å². The molecule has 0 aromatic heterocycles. The molecule has 4 nitrogen and oxygen atoms in total. The van der Waals surface area contributed by atoms with Gasteiger partial charge in [-0.1, -0.05) is 12.1 Å². The van der Waals surface area contributed by atoms with Gasteiger partial charge in [0.1, 0.15) is 5.69 Å².